The fourth-order valence-corrected chi connectivity index (χ4v) is 3.21. The van der Waals surface area contributed by atoms with Crippen LogP contribution in [-0.4, -0.2) is 38.8 Å². The average Bonchev–Trinajstić information content (AvgIpc) is 2.10. The van der Waals surface area contributed by atoms with E-state index >= 15 is 0 Å². The maximum absolute atomic E-state index is 11.7. The van der Waals surface area contributed by atoms with Crippen molar-refractivity contribution < 1.29 is 17.9 Å². The second-order valence-corrected chi connectivity index (χ2v) is 6.03. The molecule has 0 atom stereocenters. The second-order valence-electron chi connectivity index (χ2n) is 4.19. The van der Waals surface area contributed by atoms with Gasteiger partial charge < -0.3 is 10.5 Å². The van der Waals surface area contributed by atoms with Gasteiger partial charge in [0.25, 0.3) is 0 Å². The van der Waals surface area contributed by atoms with Gasteiger partial charge in [-0.25, -0.2) is 13.1 Å². The molecule has 7 heteroatoms. The summed E-state index contributed by atoms with van der Waals surface area (Å²) in [5.74, 6) is -0.453. The number of rotatable bonds is 7. The van der Waals surface area contributed by atoms with Crippen LogP contribution < -0.4 is 10.5 Å². The van der Waals surface area contributed by atoms with E-state index in [2.05, 4.69) is 4.72 Å². The lowest BCUT2D eigenvalue weighted by Gasteiger charge is -2.40. The van der Waals surface area contributed by atoms with Crippen LogP contribution >= 0.6 is 0 Å². The standard InChI is InChI=1S/C9H18N2O4S/c1-2-3-4-16(13,14)11-9(5-8(10)12)6-15-7-9/h11H,2-7H2,1H3,(H2,10,12). The lowest BCUT2D eigenvalue weighted by atomic mass is 9.94. The van der Waals surface area contributed by atoms with Crippen molar-refractivity contribution in [2.45, 2.75) is 31.7 Å². The first kappa shape index (κ1) is 13.4. The molecule has 3 N–H and O–H groups in total. The van der Waals surface area contributed by atoms with Crippen LogP contribution in [0.3, 0.4) is 0 Å². The van der Waals surface area contributed by atoms with Crippen molar-refractivity contribution in [1.29, 1.82) is 0 Å². The van der Waals surface area contributed by atoms with E-state index in [4.69, 9.17) is 10.5 Å². The zero-order valence-electron chi connectivity index (χ0n) is 9.36. The van der Waals surface area contributed by atoms with Crippen molar-refractivity contribution in [2.24, 2.45) is 5.73 Å². The summed E-state index contributed by atoms with van der Waals surface area (Å²) >= 11 is 0. The quantitative estimate of drug-likeness (QED) is 0.627. The van der Waals surface area contributed by atoms with Crippen LogP contribution in [0.5, 0.6) is 0 Å². The Kier molecular flexibility index (Phi) is 4.28. The van der Waals surface area contributed by atoms with Crippen molar-refractivity contribution in [1.82, 2.24) is 4.72 Å². The normalized spacial score (nSPS) is 19.1. The molecule has 94 valence electrons. The number of unbranched alkanes of at least 4 members (excludes halogenated alkanes) is 1. The highest BCUT2D eigenvalue weighted by molar-refractivity contribution is 7.89. The number of ether oxygens (including phenoxy) is 1. The predicted octanol–water partition coefficient (Wildman–Crippen LogP) is -0.650. The predicted molar refractivity (Wildman–Crippen MR) is 59.2 cm³/mol. The van der Waals surface area contributed by atoms with Crippen molar-refractivity contribution in [3.63, 3.8) is 0 Å². The van der Waals surface area contributed by atoms with E-state index in [0.29, 0.717) is 6.42 Å². The molecule has 0 radical (unpaired) electrons. The summed E-state index contributed by atoms with van der Waals surface area (Å²) in [5.41, 5.74) is 4.27. The molecule has 1 aliphatic rings. The molecule has 0 aliphatic carbocycles. The minimum absolute atomic E-state index is 0.0155. The first-order valence-electron chi connectivity index (χ1n) is 5.27. The van der Waals surface area contributed by atoms with Crippen LogP contribution in [0.4, 0.5) is 0 Å². The number of carbonyl (C=O) groups excluding carboxylic acids is 1. The molecule has 1 heterocycles. The van der Waals surface area contributed by atoms with Gasteiger partial charge >= 0.3 is 0 Å². The number of hydrogen-bond donors (Lipinski definition) is 2. The third kappa shape index (κ3) is 3.73. The number of nitrogens with two attached hydrogens (primary N) is 1. The third-order valence-corrected chi connectivity index (χ3v) is 3.98. The van der Waals surface area contributed by atoms with Crippen LogP contribution in [0.25, 0.3) is 0 Å². The summed E-state index contributed by atoms with van der Waals surface area (Å²) in [6.45, 7) is 2.34. The zero-order chi connectivity index (χ0) is 12.2. The van der Waals surface area contributed by atoms with E-state index in [1.54, 1.807) is 0 Å². The van der Waals surface area contributed by atoms with Crippen LogP contribution in [0, 0.1) is 0 Å². The van der Waals surface area contributed by atoms with E-state index in [1.165, 1.54) is 0 Å². The summed E-state index contributed by atoms with van der Waals surface area (Å²) < 4.78 is 30.8. The number of carbonyl (C=O) groups is 1. The maximum atomic E-state index is 11.7. The van der Waals surface area contributed by atoms with Crippen molar-refractivity contribution in [2.75, 3.05) is 19.0 Å². The van der Waals surface area contributed by atoms with Crippen molar-refractivity contribution in [3.05, 3.63) is 0 Å². The number of sulfonamides is 1. The van der Waals surface area contributed by atoms with E-state index in [-0.39, 0.29) is 25.4 Å². The lowest BCUT2D eigenvalue weighted by Crippen LogP contribution is -2.63. The molecule has 0 aromatic carbocycles. The molecule has 1 fully saturated rings. The number of hydrogen-bond acceptors (Lipinski definition) is 4. The van der Waals surface area contributed by atoms with Gasteiger partial charge in [0.1, 0.15) is 0 Å². The molecule has 1 amide bonds. The average molecular weight is 250 g/mol. The molecule has 0 spiro atoms. The number of primary amides is 1. The summed E-state index contributed by atoms with van der Waals surface area (Å²) in [7, 11) is -3.35. The van der Waals surface area contributed by atoms with Crippen molar-refractivity contribution in [3.8, 4) is 0 Å². The van der Waals surface area contributed by atoms with Gasteiger partial charge in [-0.15, -0.1) is 0 Å². The summed E-state index contributed by atoms with van der Waals surface area (Å²) in [5, 5.41) is 0. The Morgan fingerprint density at radius 2 is 2.12 bits per heavy atom. The van der Waals surface area contributed by atoms with Crippen LogP contribution in [0.15, 0.2) is 0 Å². The van der Waals surface area contributed by atoms with E-state index in [0.717, 1.165) is 6.42 Å². The summed E-state index contributed by atoms with van der Waals surface area (Å²) in [6, 6.07) is 0. The third-order valence-electron chi connectivity index (χ3n) is 2.41. The fourth-order valence-electron chi connectivity index (χ4n) is 1.59. The Labute approximate surface area is 95.6 Å². The molecule has 0 aromatic heterocycles. The Bertz CT molecular complexity index is 349. The van der Waals surface area contributed by atoms with Gasteiger partial charge in [0, 0.05) is 0 Å². The Hall–Kier alpha value is -0.660. The molecular formula is C9H18N2O4S. The molecule has 1 saturated heterocycles. The van der Waals surface area contributed by atoms with Crippen LogP contribution in [0.1, 0.15) is 26.2 Å². The van der Waals surface area contributed by atoms with Gasteiger partial charge in [-0.2, -0.15) is 0 Å². The highest BCUT2D eigenvalue weighted by Crippen LogP contribution is 2.22. The van der Waals surface area contributed by atoms with Gasteiger partial charge in [-0.3, -0.25) is 4.79 Å². The van der Waals surface area contributed by atoms with Crippen LogP contribution in [0.2, 0.25) is 0 Å². The highest BCUT2D eigenvalue weighted by atomic mass is 32.2. The lowest BCUT2D eigenvalue weighted by molar-refractivity contribution is -0.126. The minimum Gasteiger partial charge on any atom is -0.377 e. The molecule has 0 bridgehead atoms. The maximum Gasteiger partial charge on any atom is 0.219 e. The molecule has 6 nitrogen and oxygen atoms in total. The fraction of sp³-hybridized carbons (Fsp3) is 0.889. The second kappa shape index (κ2) is 5.11. The van der Waals surface area contributed by atoms with Gasteiger partial charge in [0.05, 0.1) is 30.9 Å². The highest BCUT2D eigenvalue weighted by Gasteiger charge is 2.43. The van der Waals surface area contributed by atoms with Gasteiger partial charge in [0.15, 0.2) is 0 Å². The largest absolute Gasteiger partial charge is 0.377 e. The zero-order valence-corrected chi connectivity index (χ0v) is 10.2. The molecule has 1 aliphatic heterocycles. The van der Waals surface area contributed by atoms with E-state index in [1.807, 2.05) is 6.92 Å². The van der Waals surface area contributed by atoms with E-state index in [9.17, 15) is 13.2 Å². The smallest absolute Gasteiger partial charge is 0.219 e. The monoisotopic (exact) mass is 250 g/mol. The van der Waals surface area contributed by atoms with E-state index < -0.39 is 21.5 Å². The van der Waals surface area contributed by atoms with Crippen molar-refractivity contribution >= 4 is 15.9 Å². The topological polar surface area (TPSA) is 98.5 Å². The number of nitrogens with one attached hydrogen (secondary N) is 1. The molecular weight excluding hydrogens is 232 g/mol. The van der Waals surface area contributed by atoms with Gasteiger partial charge in [-0.05, 0) is 6.42 Å². The molecule has 1 rings (SSSR count). The van der Waals surface area contributed by atoms with Crippen LogP contribution in [-0.2, 0) is 19.6 Å². The minimum atomic E-state index is -3.35. The Morgan fingerprint density at radius 1 is 1.50 bits per heavy atom. The Morgan fingerprint density at radius 3 is 2.50 bits per heavy atom. The summed E-state index contributed by atoms with van der Waals surface area (Å²) in [4.78, 5) is 10.8. The molecule has 0 saturated carbocycles. The first-order valence-corrected chi connectivity index (χ1v) is 6.92. The molecule has 0 aromatic rings. The molecule has 16 heavy (non-hydrogen) atoms. The number of amides is 1. The first-order chi connectivity index (χ1) is 7.39. The summed E-state index contributed by atoms with van der Waals surface area (Å²) in [6.07, 6.45) is 1.39. The van der Waals surface area contributed by atoms with Gasteiger partial charge in [-0.1, -0.05) is 13.3 Å². The molecule has 0 unspecified atom stereocenters. The SMILES string of the molecule is CCCCS(=O)(=O)NC1(CC(N)=O)COC1. The van der Waals surface area contributed by atoms with Gasteiger partial charge in [0.2, 0.25) is 15.9 Å². The Balaban J connectivity index is 2.59.